The van der Waals surface area contributed by atoms with E-state index in [1.807, 2.05) is 30.3 Å². The third-order valence-electron chi connectivity index (χ3n) is 5.96. The molecular formula is C21H31FN4OSi. The first kappa shape index (κ1) is 20.7. The minimum absolute atomic E-state index is 0.109. The van der Waals surface area contributed by atoms with Gasteiger partial charge in [-0.2, -0.15) is 5.10 Å². The van der Waals surface area contributed by atoms with Crippen LogP contribution in [0.2, 0.25) is 18.1 Å². The van der Waals surface area contributed by atoms with Crippen LogP contribution in [0.1, 0.15) is 26.3 Å². The van der Waals surface area contributed by atoms with Crippen molar-refractivity contribution in [2.45, 2.75) is 45.5 Å². The summed E-state index contributed by atoms with van der Waals surface area (Å²) in [6, 6.07) is 9.48. The van der Waals surface area contributed by atoms with Crippen molar-refractivity contribution in [1.29, 1.82) is 0 Å². The van der Waals surface area contributed by atoms with E-state index < -0.39 is 8.32 Å². The van der Waals surface area contributed by atoms with E-state index in [0.29, 0.717) is 17.9 Å². The van der Waals surface area contributed by atoms with Gasteiger partial charge in [0.25, 0.3) is 0 Å². The number of hydrogen-bond donors (Lipinski definition) is 0. The van der Waals surface area contributed by atoms with Crippen LogP contribution in [0, 0.1) is 5.82 Å². The van der Waals surface area contributed by atoms with Crippen LogP contribution in [0.4, 0.5) is 15.9 Å². The van der Waals surface area contributed by atoms with E-state index in [1.165, 1.54) is 0 Å². The predicted molar refractivity (Wildman–Crippen MR) is 115 cm³/mol. The SMILES string of the molecule is CC(C)(C)[Si](C)(C)OCc1cccc(N2CCN(c3cccnn3)CC2)c1F. The lowest BCUT2D eigenvalue weighted by atomic mass is 10.1. The highest BCUT2D eigenvalue weighted by atomic mass is 28.4. The number of benzene rings is 1. The summed E-state index contributed by atoms with van der Waals surface area (Å²) in [7, 11) is -1.91. The monoisotopic (exact) mass is 402 g/mol. The molecule has 3 rings (SSSR count). The highest BCUT2D eigenvalue weighted by Gasteiger charge is 2.37. The molecule has 0 radical (unpaired) electrons. The molecule has 152 valence electrons. The molecule has 1 aliphatic rings. The van der Waals surface area contributed by atoms with Crippen LogP contribution < -0.4 is 9.80 Å². The maximum absolute atomic E-state index is 15.2. The van der Waals surface area contributed by atoms with Crippen LogP contribution in [-0.4, -0.2) is 44.7 Å². The Balaban J connectivity index is 1.67. The zero-order valence-electron chi connectivity index (χ0n) is 17.6. The van der Waals surface area contributed by atoms with Crippen molar-refractivity contribution in [2.24, 2.45) is 0 Å². The second-order valence-electron chi connectivity index (χ2n) is 8.86. The molecule has 7 heteroatoms. The van der Waals surface area contributed by atoms with E-state index in [9.17, 15) is 0 Å². The number of halogens is 1. The summed E-state index contributed by atoms with van der Waals surface area (Å²) in [6.45, 7) is 14.4. The molecule has 1 saturated heterocycles. The molecule has 2 heterocycles. The number of hydrogen-bond acceptors (Lipinski definition) is 5. The van der Waals surface area contributed by atoms with Gasteiger partial charge in [0, 0.05) is 37.9 Å². The van der Waals surface area contributed by atoms with E-state index >= 15 is 4.39 Å². The van der Waals surface area contributed by atoms with Gasteiger partial charge in [-0.3, -0.25) is 0 Å². The molecule has 0 saturated carbocycles. The average molecular weight is 403 g/mol. The highest BCUT2D eigenvalue weighted by Crippen LogP contribution is 2.37. The lowest BCUT2D eigenvalue weighted by Gasteiger charge is -2.37. The molecular weight excluding hydrogens is 371 g/mol. The van der Waals surface area contributed by atoms with Gasteiger partial charge >= 0.3 is 0 Å². The molecule has 5 nitrogen and oxygen atoms in total. The van der Waals surface area contributed by atoms with E-state index in [-0.39, 0.29) is 10.9 Å². The smallest absolute Gasteiger partial charge is 0.192 e. The second-order valence-corrected chi connectivity index (χ2v) is 13.7. The molecule has 0 spiro atoms. The molecule has 0 unspecified atom stereocenters. The fourth-order valence-electron chi connectivity index (χ4n) is 3.04. The van der Waals surface area contributed by atoms with Crippen molar-refractivity contribution in [2.75, 3.05) is 36.0 Å². The van der Waals surface area contributed by atoms with Gasteiger partial charge in [-0.1, -0.05) is 32.9 Å². The number of piperazine rings is 1. The molecule has 0 bridgehead atoms. The molecule has 1 fully saturated rings. The number of nitrogens with zero attached hydrogens (tertiary/aromatic N) is 4. The summed E-state index contributed by atoms with van der Waals surface area (Å²) in [5.41, 5.74) is 1.30. The fourth-order valence-corrected chi connectivity index (χ4v) is 3.98. The maximum Gasteiger partial charge on any atom is 0.192 e. The largest absolute Gasteiger partial charge is 0.412 e. The Morgan fingerprint density at radius 3 is 2.32 bits per heavy atom. The summed E-state index contributed by atoms with van der Waals surface area (Å²) in [6.07, 6.45) is 1.67. The molecule has 0 atom stereocenters. The summed E-state index contributed by atoms with van der Waals surface area (Å²) < 4.78 is 21.4. The number of anilines is 2. The van der Waals surface area contributed by atoms with E-state index in [1.54, 1.807) is 6.20 Å². The fraction of sp³-hybridized carbons (Fsp3) is 0.524. The molecule has 0 N–H and O–H groups in total. The van der Waals surface area contributed by atoms with Crippen molar-refractivity contribution in [3.63, 3.8) is 0 Å². The van der Waals surface area contributed by atoms with Gasteiger partial charge < -0.3 is 14.2 Å². The molecule has 2 aromatic rings. The number of aromatic nitrogens is 2. The zero-order valence-corrected chi connectivity index (χ0v) is 18.6. The summed E-state index contributed by atoms with van der Waals surface area (Å²) in [4.78, 5) is 4.30. The Morgan fingerprint density at radius 2 is 1.71 bits per heavy atom. The molecule has 28 heavy (non-hydrogen) atoms. The van der Waals surface area contributed by atoms with Crippen LogP contribution in [-0.2, 0) is 11.0 Å². The standard InChI is InChI=1S/C21H31FN4OSi/c1-21(2,3)28(4,5)27-16-17-8-6-9-18(20(17)22)25-12-14-26(15-13-25)19-10-7-11-23-24-19/h6-11H,12-16H2,1-5H3. The first-order valence-corrected chi connectivity index (χ1v) is 12.8. The Bertz CT molecular complexity index is 787. The summed E-state index contributed by atoms with van der Waals surface area (Å²) in [5.74, 6) is 0.716. The lowest BCUT2D eigenvalue weighted by molar-refractivity contribution is 0.271. The second kappa shape index (κ2) is 8.17. The van der Waals surface area contributed by atoms with Gasteiger partial charge in [0.1, 0.15) is 0 Å². The van der Waals surface area contributed by atoms with E-state index in [4.69, 9.17) is 4.43 Å². The molecule has 0 amide bonds. The Hall–Kier alpha value is -1.99. The average Bonchev–Trinajstić information content (AvgIpc) is 2.67. The van der Waals surface area contributed by atoms with Gasteiger partial charge in [0.15, 0.2) is 20.0 Å². The topological polar surface area (TPSA) is 41.5 Å². The summed E-state index contributed by atoms with van der Waals surface area (Å²) >= 11 is 0. The zero-order chi connectivity index (χ0) is 20.4. The van der Waals surface area contributed by atoms with Crippen LogP contribution in [0.5, 0.6) is 0 Å². The molecule has 1 aromatic heterocycles. The quantitative estimate of drug-likeness (QED) is 0.691. The Labute approximate surface area is 168 Å². The third-order valence-corrected chi connectivity index (χ3v) is 10.4. The van der Waals surface area contributed by atoms with Gasteiger partial charge in [-0.05, 0) is 36.3 Å². The van der Waals surface area contributed by atoms with Crippen molar-refractivity contribution in [1.82, 2.24) is 10.2 Å². The van der Waals surface area contributed by atoms with Gasteiger partial charge in [0.05, 0.1) is 12.3 Å². The predicted octanol–water partition coefficient (Wildman–Crippen LogP) is 4.46. The van der Waals surface area contributed by atoms with Gasteiger partial charge in [-0.15, -0.1) is 5.10 Å². The molecule has 0 aliphatic carbocycles. The Morgan fingerprint density at radius 1 is 1.04 bits per heavy atom. The highest BCUT2D eigenvalue weighted by molar-refractivity contribution is 6.74. The van der Waals surface area contributed by atoms with Crippen molar-refractivity contribution in [3.05, 3.63) is 47.9 Å². The van der Waals surface area contributed by atoms with Gasteiger partial charge in [-0.25, -0.2) is 4.39 Å². The Kier molecular flexibility index (Phi) is 6.05. The molecule has 1 aromatic carbocycles. The van der Waals surface area contributed by atoms with Crippen LogP contribution in [0.15, 0.2) is 36.5 Å². The van der Waals surface area contributed by atoms with Crippen LogP contribution in [0.3, 0.4) is 0 Å². The van der Waals surface area contributed by atoms with Crippen LogP contribution >= 0.6 is 0 Å². The lowest BCUT2D eigenvalue weighted by Crippen LogP contribution is -2.47. The van der Waals surface area contributed by atoms with Crippen molar-refractivity contribution >= 4 is 19.8 Å². The minimum Gasteiger partial charge on any atom is -0.412 e. The first-order valence-electron chi connectivity index (χ1n) is 9.88. The molecule has 1 aliphatic heterocycles. The third kappa shape index (κ3) is 4.52. The van der Waals surface area contributed by atoms with E-state index in [2.05, 4.69) is 53.9 Å². The number of rotatable bonds is 5. The first-order chi connectivity index (χ1) is 13.2. The minimum atomic E-state index is -1.91. The van der Waals surface area contributed by atoms with Crippen LogP contribution in [0.25, 0.3) is 0 Å². The normalized spacial score (nSPS) is 15.8. The summed E-state index contributed by atoms with van der Waals surface area (Å²) in [5, 5.41) is 8.22. The van der Waals surface area contributed by atoms with Crippen molar-refractivity contribution < 1.29 is 8.82 Å². The maximum atomic E-state index is 15.2. The van der Waals surface area contributed by atoms with E-state index in [0.717, 1.165) is 32.0 Å². The van der Waals surface area contributed by atoms with Gasteiger partial charge in [0.2, 0.25) is 0 Å². The van der Waals surface area contributed by atoms with Crippen molar-refractivity contribution in [3.8, 4) is 0 Å².